The van der Waals surface area contributed by atoms with Crippen molar-refractivity contribution in [3.63, 3.8) is 0 Å². The highest BCUT2D eigenvalue weighted by molar-refractivity contribution is 5.93. The van der Waals surface area contributed by atoms with Crippen molar-refractivity contribution in [2.75, 3.05) is 13.2 Å². The molecule has 0 unspecified atom stereocenters. The number of unbranched alkanes of at least 4 members (excludes halogenated alkanes) is 34. The van der Waals surface area contributed by atoms with Crippen LogP contribution in [0.15, 0.2) is 12.2 Å². The van der Waals surface area contributed by atoms with Gasteiger partial charge in [0, 0.05) is 5.57 Å². The Morgan fingerprint density at radius 3 is 0.837 bits per heavy atom. The summed E-state index contributed by atoms with van der Waals surface area (Å²) >= 11 is 0. The third-order valence-electron chi connectivity index (χ3n) is 10.1. The van der Waals surface area contributed by atoms with Crippen molar-refractivity contribution in [1.29, 1.82) is 0 Å². The second-order valence-corrected chi connectivity index (χ2v) is 15.2. The number of carbonyl (C=O) groups excluding carboxylic acids is 2. The largest absolute Gasteiger partial charge is 0.465 e. The summed E-state index contributed by atoms with van der Waals surface area (Å²) in [5.41, 5.74) is 0.199. The molecule has 0 radical (unpaired) electrons. The molecule has 0 atom stereocenters. The van der Waals surface area contributed by atoms with Gasteiger partial charge in [0.05, 0.1) is 19.6 Å². The molecule has 290 valence electrons. The van der Waals surface area contributed by atoms with Gasteiger partial charge in [-0.05, 0) is 12.8 Å². The SMILES string of the molecule is C=C(CC(=O)OCCCCCCCCCCCCCCCCCCCC)C(=O)OCCCCCCCCCCCCCCCCCCCC. The average molecular weight is 691 g/mol. The summed E-state index contributed by atoms with van der Waals surface area (Å²) in [6, 6.07) is 0. The fraction of sp³-hybridized carbons (Fsp3) is 0.911. The van der Waals surface area contributed by atoms with E-state index in [4.69, 9.17) is 9.47 Å². The van der Waals surface area contributed by atoms with Crippen LogP contribution < -0.4 is 0 Å². The second kappa shape index (κ2) is 41.1. The molecule has 0 aromatic carbocycles. The lowest BCUT2D eigenvalue weighted by Gasteiger charge is -2.08. The van der Waals surface area contributed by atoms with Gasteiger partial charge in [0.1, 0.15) is 0 Å². The van der Waals surface area contributed by atoms with E-state index in [0.717, 1.165) is 25.7 Å². The highest BCUT2D eigenvalue weighted by Crippen LogP contribution is 2.16. The van der Waals surface area contributed by atoms with Gasteiger partial charge in [-0.25, -0.2) is 4.79 Å². The topological polar surface area (TPSA) is 52.6 Å². The molecule has 0 saturated carbocycles. The number of ether oxygens (including phenoxy) is 2. The maximum absolute atomic E-state index is 12.2. The molecule has 0 aliphatic rings. The quantitative estimate of drug-likeness (QED) is 0.0364. The Labute approximate surface area is 307 Å². The molecular weight excluding hydrogens is 604 g/mol. The molecule has 0 heterocycles. The van der Waals surface area contributed by atoms with Crippen LogP contribution in [0.3, 0.4) is 0 Å². The number of esters is 2. The molecule has 0 saturated heterocycles. The number of rotatable bonds is 41. The van der Waals surface area contributed by atoms with Crippen molar-refractivity contribution in [2.45, 2.75) is 251 Å². The Bertz CT molecular complexity index is 702. The first kappa shape index (κ1) is 47.7. The van der Waals surface area contributed by atoms with Crippen molar-refractivity contribution in [3.8, 4) is 0 Å². The molecule has 0 aromatic rings. The van der Waals surface area contributed by atoms with E-state index in [1.165, 1.54) is 205 Å². The number of carbonyl (C=O) groups is 2. The fourth-order valence-electron chi connectivity index (χ4n) is 6.76. The number of hydrogen-bond acceptors (Lipinski definition) is 4. The fourth-order valence-corrected chi connectivity index (χ4v) is 6.76. The van der Waals surface area contributed by atoms with E-state index < -0.39 is 5.97 Å². The normalized spacial score (nSPS) is 11.2. The summed E-state index contributed by atoms with van der Waals surface area (Å²) in [6.45, 7) is 9.16. The van der Waals surface area contributed by atoms with E-state index in [2.05, 4.69) is 20.4 Å². The van der Waals surface area contributed by atoms with Crippen LogP contribution >= 0.6 is 0 Å². The van der Waals surface area contributed by atoms with Crippen LogP contribution in [-0.4, -0.2) is 25.2 Å². The molecule has 0 fully saturated rings. The molecule has 0 amide bonds. The Kier molecular flexibility index (Phi) is 40.0. The first-order valence-corrected chi connectivity index (χ1v) is 22.1. The first-order chi connectivity index (χ1) is 24.1. The Balaban J connectivity index is 3.36. The molecule has 0 N–H and O–H groups in total. The molecule has 4 nitrogen and oxygen atoms in total. The van der Waals surface area contributed by atoms with Crippen molar-refractivity contribution in [2.24, 2.45) is 0 Å². The van der Waals surface area contributed by atoms with Crippen molar-refractivity contribution < 1.29 is 19.1 Å². The van der Waals surface area contributed by atoms with E-state index in [1.807, 2.05) is 0 Å². The minimum absolute atomic E-state index is 0.0724. The molecule has 0 bridgehead atoms. The number of hydrogen-bond donors (Lipinski definition) is 0. The van der Waals surface area contributed by atoms with Crippen molar-refractivity contribution >= 4 is 11.9 Å². The van der Waals surface area contributed by atoms with Crippen molar-refractivity contribution in [1.82, 2.24) is 0 Å². The third kappa shape index (κ3) is 39.3. The van der Waals surface area contributed by atoms with E-state index in [-0.39, 0.29) is 18.0 Å². The minimum Gasteiger partial charge on any atom is -0.465 e. The van der Waals surface area contributed by atoms with E-state index >= 15 is 0 Å². The van der Waals surface area contributed by atoms with Crippen LogP contribution in [0.1, 0.15) is 251 Å². The average Bonchev–Trinajstić information content (AvgIpc) is 3.10. The van der Waals surface area contributed by atoms with E-state index in [1.54, 1.807) is 0 Å². The van der Waals surface area contributed by atoms with Gasteiger partial charge in [0.15, 0.2) is 0 Å². The summed E-state index contributed by atoms with van der Waals surface area (Å²) in [5.74, 6) is -0.834. The van der Waals surface area contributed by atoms with Gasteiger partial charge >= 0.3 is 11.9 Å². The zero-order chi connectivity index (χ0) is 35.7. The second-order valence-electron chi connectivity index (χ2n) is 15.2. The van der Waals surface area contributed by atoms with Crippen molar-refractivity contribution in [3.05, 3.63) is 12.2 Å². The Morgan fingerprint density at radius 1 is 0.347 bits per heavy atom. The molecule has 49 heavy (non-hydrogen) atoms. The molecule has 0 aliphatic heterocycles. The van der Waals surface area contributed by atoms with Crippen LogP contribution in [0.25, 0.3) is 0 Å². The van der Waals surface area contributed by atoms with Crippen LogP contribution in [0, 0.1) is 0 Å². The minimum atomic E-state index is -0.461. The summed E-state index contributed by atoms with van der Waals surface area (Å²) in [7, 11) is 0. The van der Waals surface area contributed by atoms with Gasteiger partial charge in [-0.15, -0.1) is 0 Å². The van der Waals surface area contributed by atoms with Gasteiger partial charge in [0.25, 0.3) is 0 Å². The maximum Gasteiger partial charge on any atom is 0.333 e. The smallest absolute Gasteiger partial charge is 0.333 e. The van der Waals surface area contributed by atoms with Gasteiger partial charge in [-0.2, -0.15) is 0 Å². The van der Waals surface area contributed by atoms with Crippen LogP contribution in [0.5, 0.6) is 0 Å². The van der Waals surface area contributed by atoms with E-state index in [9.17, 15) is 9.59 Å². The van der Waals surface area contributed by atoms with Crippen LogP contribution in [0.2, 0.25) is 0 Å². The summed E-state index contributed by atoms with van der Waals surface area (Å²) in [4.78, 5) is 24.3. The predicted octanol–water partition coefficient (Wildman–Crippen LogP) is 15.1. The lowest BCUT2D eigenvalue weighted by molar-refractivity contribution is -0.146. The lowest BCUT2D eigenvalue weighted by atomic mass is 10.0. The summed E-state index contributed by atoms with van der Waals surface area (Å²) < 4.78 is 10.7. The Morgan fingerprint density at radius 2 is 0.571 bits per heavy atom. The summed E-state index contributed by atoms with van der Waals surface area (Å²) in [6.07, 6.45) is 48.0. The molecule has 0 rings (SSSR count). The van der Waals surface area contributed by atoms with Gasteiger partial charge < -0.3 is 9.47 Å². The predicted molar refractivity (Wildman–Crippen MR) is 213 cm³/mol. The molecular formula is C45H86O4. The molecule has 4 heteroatoms. The third-order valence-corrected chi connectivity index (χ3v) is 10.1. The van der Waals surface area contributed by atoms with Gasteiger partial charge in [-0.3, -0.25) is 4.79 Å². The molecule has 0 aliphatic carbocycles. The standard InChI is InChI=1S/C45H86O4/c1-4-6-8-10-12-14-16-18-20-22-24-26-28-30-32-34-36-38-40-48-44(46)42-43(3)45(47)49-41-39-37-35-33-31-29-27-25-23-21-19-17-15-13-11-9-7-5-2/h3-42H2,1-2H3. The van der Waals surface area contributed by atoms with Gasteiger partial charge in [-0.1, -0.05) is 239 Å². The lowest BCUT2D eigenvalue weighted by Crippen LogP contribution is -2.14. The Hall–Kier alpha value is -1.32. The highest BCUT2D eigenvalue weighted by Gasteiger charge is 2.14. The molecule has 0 spiro atoms. The first-order valence-electron chi connectivity index (χ1n) is 22.1. The van der Waals surface area contributed by atoms with Gasteiger partial charge in [0.2, 0.25) is 0 Å². The summed E-state index contributed by atoms with van der Waals surface area (Å²) in [5, 5.41) is 0. The zero-order valence-corrected chi connectivity index (χ0v) is 33.4. The zero-order valence-electron chi connectivity index (χ0n) is 33.4. The van der Waals surface area contributed by atoms with E-state index in [0.29, 0.717) is 13.2 Å². The van der Waals surface area contributed by atoms with Crippen LogP contribution in [-0.2, 0) is 19.1 Å². The monoisotopic (exact) mass is 691 g/mol. The maximum atomic E-state index is 12.2. The van der Waals surface area contributed by atoms with Crippen LogP contribution in [0.4, 0.5) is 0 Å². The molecule has 0 aromatic heterocycles. The highest BCUT2D eigenvalue weighted by atomic mass is 16.5.